The van der Waals surface area contributed by atoms with Gasteiger partial charge in [0, 0.05) is 12.5 Å². The van der Waals surface area contributed by atoms with Crippen molar-refractivity contribution in [3.63, 3.8) is 0 Å². The van der Waals surface area contributed by atoms with Gasteiger partial charge in [0.25, 0.3) is 6.43 Å². The number of ether oxygens (including phenoxy) is 1. The molecule has 11 heavy (non-hydrogen) atoms. The highest BCUT2D eigenvalue weighted by molar-refractivity contribution is 4.79. The summed E-state index contributed by atoms with van der Waals surface area (Å²) in [4.78, 5) is 0. The van der Waals surface area contributed by atoms with E-state index in [4.69, 9.17) is 4.74 Å². The molecule has 0 aliphatic carbocycles. The zero-order valence-electron chi connectivity index (χ0n) is 6.52. The molecule has 2 nitrogen and oxygen atoms in total. The Balaban J connectivity index is 2.40. The van der Waals surface area contributed by atoms with Crippen LogP contribution in [0.25, 0.3) is 0 Å². The standard InChI is InChI=1S/C7H13F2NO/c1-10-6(7(8)9)5-2-3-11-4-5/h5-7,10H,2-4H2,1H3. The summed E-state index contributed by atoms with van der Waals surface area (Å²) in [6.45, 7) is 1.09. The molecule has 2 unspecified atom stereocenters. The van der Waals surface area contributed by atoms with Gasteiger partial charge in [-0.05, 0) is 13.5 Å². The normalized spacial score (nSPS) is 27.8. The molecule has 1 aliphatic heterocycles. The lowest BCUT2D eigenvalue weighted by Crippen LogP contribution is -2.40. The van der Waals surface area contributed by atoms with E-state index in [0.29, 0.717) is 13.2 Å². The molecule has 1 aliphatic rings. The zero-order valence-corrected chi connectivity index (χ0v) is 6.52. The third-order valence-corrected chi connectivity index (χ3v) is 2.08. The first-order chi connectivity index (χ1) is 5.25. The van der Waals surface area contributed by atoms with E-state index in [0.717, 1.165) is 6.42 Å². The fraction of sp³-hybridized carbons (Fsp3) is 1.00. The average Bonchev–Trinajstić information content (AvgIpc) is 2.40. The van der Waals surface area contributed by atoms with Crippen molar-refractivity contribution in [2.75, 3.05) is 20.3 Å². The Morgan fingerprint density at radius 2 is 2.27 bits per heavy atom. The molecule has 0 spiro atoms. The van der Waals surface area contributed by atoms with Crippen molar-refractivity contribution in [1.82, 2.24) is 5.32 Å². The Morgan fingerprint density at radius 3 is 2.64 bits per heavy atom. The number of hydrogen-bond donors (Lipinski definition) is 1. The Kier molecular flexibility index (Phi) is 3.20. The smallest absolute Gasteiger partial charge is 0.254 e. The molecule has 4 heteroatoms. The van der Waals surface area contributed by atoms with E-state index in [9.17, 15) is 8.78 Å². The van der Waals surface area contributed by atoms with E-state index in [-0.39, 0.29) is 5.92 Å². The van der Waals surface area contributed by atoms with Gasteiger partial charge in [-0.1, -0.05) is 0 Å². The summed E-state index contributed by atoms with van der Waals surface area (Å²) in [5.74, 6) is -0.0139. The SMILES string of the molecule is CNC(C(F)F)C1CCOC1. The van der Waals surface area contributed by atoms with Crippen LogP contribution in [-0.2, 0) is 4.74 Å². The second kappa shape index (κ2) is 3.97. The Labute approximate surface area is 64.9 Å². The van der Waals surface area contributed by atoms with Gasteiger partial charge in [-0.25, -0.2) is 8.78 Å². The summed E-state index contributed by atoms with van der Waals surface area (Å²) in [6, 6.07) is -0.697. The maximum absolute atomic E-state index is 12.2. The van der Waals surface area contributed by atoms with Gasteiger partial charge in [0.2, 0.25) is 0 Å². The van der Waals surface area contributed by atoms with E-state index >= 15 is 0 Å². The fourth-order valence-corrected chi connectivity index (χ4v) is 1.40. The van der Waals surface area contributed by atoms with Gasteiger partial charge in [0.15, 0.2) is 0 Å². The number of halogens is 2. The van der Waals surface area contributed by atoms with Gasteiger partial charge in [-0.2, -0.15) is 0 Å². The number of nitrogens with one attached hydrogen (secondary N) is 1. The number of rotatable bonds is 3. The molecule has 0 aromatic heterocycles. The molecule has 66 valence electrons. The van der Waals surface area contributed by atoms with Crippen LogP contribution in [0.5, 0.6) is 0 Å². The molecule has 1 rings (SSSR count). The van der Waals surface area contributed by atoms with Crippen molar-refractivity contribution in [3.8, 4) is 0 Å². The van der Waals surface area contributed by atoms with E-state index in [1.165, 1.54) is 0 Å². The summed E-state index contributed by atoms with van der Waals surface area (Å²) in [6.07, 6.45) is -1.54. The molecule has 2 atom stereocenters. The third-order valence-electron chi connectivity index (χ3n) is 2.08. The topological polar surface area (TPSA) is 21.3 Å². The molecule has 0 amide bonds. The van der Waals surface area contributed by atoms with Gasteiger partial charge < -0.3 is 10.1 Å². The van der Waals surface area contributed by atoms with Gasteiger partial charge in [-0.15, -0.1) is 0 Å². The molecule has 1 N–H and O–H groups in total. The highest BCUT2D eigenvalue weighted by atomic mass is 19.3. The maximum atomic E-state index is 12.2. The summed E-state index contributed by atoms with van der Waals surface area (Å²) >= 11 is 0. The molecule has 0 aromatic rings. The molecule has 1 saturated heterocycles. The molecule has 0 aromatic carbocycles. The van der Waals surface area contributed by atoms with Crippen LogP contribution in [0.1, 0.15) is 6.42 Å². The van der Waals surface area contributed by atoms with Crippen LogP contribution < -0.4 is 5.32 Å². The van der Waals surface area contributed by atoms with Crippen LogP contribution in [-0.4, -0.2) is 32.7 Å². The molecular formula is C7H13F2NO. The van der Waals surface area contributed by atoms with Gasteiger partial charge >= 0.3 is 0 Å². The van der Waals surface area contributed by atoms with Gasteiger partial charge in [0.05, 0.1) is 12.6 Å². The molecular weight excluding hydrogens is 152 g/mol. The van der Waals surface area contributed by atoms with E-state index < -0.39 is 12.5 Å². The van der Waals surface area contributed by atoms with Crippen molar-refractivity contribution in [2.24, 2.45) is 5.92 Å². The van der Waals surface area contributed by atoms with E-state index in [2.05, 4.69) is 5.32 Å². The first-order valence-electron chi connectivity index (χ1n) is 3.79. The van der Waals surface area contributed by atoms with Crippen LogP contribution in [0.15, 0.2) is 0 Å². The lowest BCUT2D eigenvalue weighted by Gasteiger charge is -2.20. The van der Waals surface area contributed by atoms with Crippen molar-refractivity contribution in [3.05, 3.63) is 0 Å². The van der Waals surface area contributed by atoms with Gasteiger partial charge in [0.1, 0.15) is 0 Å². The first-order valence-corrected chi connectivity index (χ1v) is 3.79. The largest absolute Gasteiger partial charge is 0.381 e. The van der Waals surface area contributed by atoms with Crippen molar-refractivity contribution in [2.45, 2.75) is 18.9 Å². The Bertz CT molecular complexity index is 115. The summed E-state index contributed by atoms with van der Waals surface area (Å²) in [5.41, 5.74) is 0. The van der Waals surface area contributed by atoms with Crippen LogP contribution >= 0.6 is 0 Å². The Morgan fingerprint density at radius 1 is 1.55 bits per heavy atom. The monoisotopic (exact) mass is 165 g/mol. The lowest BCUT2D eigenvalue weighted by atomic mass is 10.00. The highest BCUT2D eigenvalue weighted by Crippen LogP contribution is 2.20. The summed E-state index contributed by atoms with van der Waals surface area (Å²) in [5, 5.41) is 2.61. The van der Waals surface area contributed by atoms with Gasteiger partial charge in [-0.3, -0.25) is 0 Å². The third kappa shape index (κ3) is 2.10. The van der Waals surface area contributed by atoms with E-state index in [1.54, 1.807) is 7.05 Å². The van der Waals surface area contributed by atoms with Crippen molar-refractivity contribution < 1.29 is 13.5 Å². The Hall–Kier alpha value is -0.220. The minimum absolute atomic E-state index is 0.0139. The van der Waals surface area contributed by atoms with Crippen LogP contribution in [0.4, 0.5) is 8.78 Å². The lowest BCUT2D eigenvalue weighted by molar-refractivity contribution is 0.0667. The highest BCUT2D eigenvalue weighted by Gasteiger charge is 2.30. The minimum Gasteiger partial charge on any atom is -0.381 e. The minimum atomic E-state index is -2.29. The molecule has 0 saturated carbocycles. The molecule has 1 heterocycles. The van der Waals surface area contributed by atoms with Crippen LogP contribution in [0, 0.1) is 5.92 Å². The second-order valence-electron chi connectivity index (χ2n) is 2.77. The van der Waals surface area contributed by atoms with Crippen molar-refractivity contribution in [1.29, 1.82) is 0 Å². The van der Waals surface area contributed by atoms with E-state index in [1.807, 2.05) is 0 Å². The summed E-state index contributed by atoms with van der Waals surface area (Å²) in [7, 11) is 1.56. The van der Waals surface area contributed by atoms with Crippen LogP contribution in [0.3, 0.4) is 0 Å². The second-order valence-corrected chi connectivity index (χ2v) is 2.77. The summed E-state index contributed by atoms with van der Waals surface area (Å²) < 4.78 is 29.5. The quantitative estimate of drug-likeness (QED) is 0.670. The zero-order chi connectivity index (χ0) is 8.27. The predicted octanol–water partition coefficient (Wildman–Crippen LogP) is 0.876. The molecule has 0 bridgehead atoms. The average molecular weight is 165 g/mol. The fourth-order valence-electron chi connectivity index (χ4n) is 1.40. The maximum Gasteiger partial charge on any atom is 0.254 e. The van der Waals surface area contributed by atoms with Crippen molar-refractivity contribution >= 4 is 0 Å². The first kappa shape index (κ1) is 8.87. The predicted molar refractivity (Wildman–Crippen MR) is 37.8 cm³/mol. The molecule has 1 fully saturated rings. The number of alkyl halides is 2. The van der Waals surface area contributed by atoms with Crippen LogP contribution in [0.2, 0.25) is 0 Å². The number of hydrogen-bond acceptors (Lipinski definition) is 2. The molecule has 0 radical (unpaired) electrons.